The lowest BCUT2D eigenvalue weighted by molar-refractivity contribution is 0.297. The maximum absolute atomic E-state index is 8.75. The van der Waals surface area contributed by atoms with Crippen molar-refractivity contribution in [3.05, 3.63) is 18.2 Å². The average molecular weight is 209 g/mol. The van der Waals surface area contributed by atoms with Crippen LogP contribution >= 0.6 is 0 Å². The van der Waals surface area contributed by atoms with Gasteiger partial charge in [-0.2, -0.15) is 5.10 Å². The van der Waals surface area contributed by atoms with E-state index in [1.54, 1.807) is 10.7 Å². The van der Waals surface area contributed by atoms with E-state index in [1.165, 1.54) is 6.33 Å². The van der Waals surface area contributed by atoms with Gasteiger partial charge in [-0.3, -0.25) is 0 Å². The largest absolute Gasteiger partial charge is 0.396 e. The lowest BCUT2D eigenvalue weighted by Crippen LogP contribution is -2.03. The molecule has 0 aromatic carbocycles. The summed E-state index contributed by atoms with van der Waals surface area (Å²) >= 11 is 0. The van der Waals surface area contributed by atoms with Gasteiger partial charge in [-0.25, -0.2) is 14.5 Å². The minimum atomic E-state index is 0.0672. The Bertz CT molecular complexity index is 425. The third-order valence-electron chi connectivity index (χ3n) is 1.77. The first-order valence-electron chi connectivity index (χ1n) is 4.87. The number of hydrogen-bond acceptors (Lipinski definition) is 5. The molecule has 0 saturated carbocycles. The van der Waals surface area contributed by atoms with E-state index in [1.807, 2.05) is 13.8 Å². The van der Waals surface area contributed by atoms with Gasteiger partial charge in [-0.1, -0.05) is 13.8 Å². The number of aliphatic hydroxyl groups excluding tert-OH is 1. The summed E-state index contributed by atoms with van der Waals surface area (Å²) in [5, 5.41) is 12.7. The number of nitrogens with two attached hydrogens (primary N) is 1. The number of rotatable bonds is 2. The zero-order valence-corrected chi connectivity index (χ0v) is 8.88. The summed E-state index contributed by atoms with van der Waals surface area (Å²) in [5.74, 6) is 0.346. The molecule has 15 heavy (non-hydrogen) atoms. The number of nitrogens with zero attached hydrogens (tertiary/aromatic N) is 4. The highest BCUT2D eigenvalue weighted by atomic mass is 16.3. The molecule has 0 aliphatic rings. The molecule has 0 spiro atoms. The number of nitrogen functional groups attached to an aromatic ring is 1. The van der Waals surface area contributed by atoms with E-state index < -0.39 is 0 Å². The number of aliphatic hydroxyl groups is 1. The molecule has 0 aliphatic heterocycles. The monoisotopic (exact) mass is 209 g/mol. The van der Waals surface area contributed by atoms with Crippen molar-refractivity contribution in [1.82, 2.24) is 19.6 Å². The molecule has 2 aromatic rings. The topological polar surface area (TPSA) is 89.3 Å². The second kappa shape index (κ2) is 5.26. The van der Waals surface area contributed by atoms with Gasteiger partial charge in [0.15, 0.2) is 11.5 Å². The van der Waals surface area contributed by atoms with E-state index >= 15 is 0 Å². The smallest absolute Gasteiger partial charge is 0.196 e. The Morgan fingerprint density at radius 1 is 1.40 bits per heavy atom. The van der Waals surface area contributed by atoms with Crippen LogP contribution in [-0.4, -0.2) is 31.3 Å². The van der Waals surface area contributed by atoms with Crippen LogP contribution in [0.5, 0.6) is 0 Å². The molecule has 0 unspecified atom stereocenters. The lowest BCUT2D eigenvalue weighted by atomic mass is 10.3. The molecular formula is C9H15N5O. The van der Waals surface area contributed by atoms with Gasteiger partial charge < -0.3 is 10.8 Å². The van der Waals surface area contributed by atoms with Crippen molar-refractivity contribution in [3.63, 3.8) is 0 Å². The van der Waals surface area contributed by atoms with Crippen molar-refractivity contribution in [1.29, 1.82) is 0 Å². The Hall–Kier alpha value is -1.69. The highest BCUT2D eigenvalue weighted by Crippen LogP contribution is 2.08. The van der Waals surface area contributed by atoms with Gasteiger partial charge in [0.05, 0.1) is 11.9 Å². The standard InChI is InChI=1S/C7H9N5O.C2H6/c8-6-7-9-3-5(1-2-13)12(7)11-4-10-6;1-2/h3-4,13H,1-2H2,(H2,8,10,11);1-2H3. The normalized spacial score (nSPS) is 9.80. The van der Waals surface area contributed by atoms with E-state index in [9.17, 15) is 0 Å². The quantitative estimate of drug-likeness (QED) is 0.741. The maximum atomic E-state index is 8.75. The van der Waals surface area contributed by atoms with Gasteiger partial charge in [-0.05, 0) is 0 Å². The second-order valence-corrected chi connectivity index (χ2v) is 2.60. The molecule has 0 atom stereocenters. The van der Waals surface area contributed by atoms with Crippen LogP contribution in [-0.2, 0) is 6.42 Å². The zero-order chi connectivity index (χ0) is 11.3. The highest BCUT2D eigenvalue weighted by molar-refractivity contribution is 5.58. The van der Waals surface area contributed by atoms with E-state index in [0.29, 0.717) is 17.9 Å². The van der Waals surface area contributed by atoms with Gasteiger partial charge in [0, 0.05) is 13.0 Å². The molecule has 3 N–H and O–H groups in total. The van der Waals surface area contributed by atoms with Gasteiger partial charge in [0.25, 0.3) is 0 Å². The Labute approximate surface area is 87.8 Å². The summed E-state index contributed by atoms with van der Waals surface area (Å²) in [4.78, 5) is 7.84. The predicted octanol–water partition coefficient (Wildman–Crippen LogP) is 0.267. The van der Waals surface area contributed by atoms with Crippen LogP contribution in [0.25, 0.3) is 5.65 Å². The average Bonchev–Trinajstić information content (AvgIpc) is 2.67. The predicted molar refractivity (Wildman–Crippen MR) is 57.3 cm³/mol. The second-order valence-electron chi connectivity index (χ2n) is 2.60. The van der Waals surface area contributed by atoms with Crippen molar-refractivity contribution in [2.75, 3.05) is 12.3 Å². The first kappa shape index (κ1) is 11.4. The number of anilines is 1. The summed E-state index contributed by atoms with van der Waals surface area (Å²) in [7, 11) is 0. The first-order chi connectivity index (χ1) is 7.33. The van der Waals surface area contributed by atoms with Crippen LogP contribution in [0.3, 0.4) is 0 Å². The molecule has 6 heteroatoms. The minimum absolute atomic E-state index is 0.0672. The van der Waals surface area contributed by atoms with Crippen LogP contribution in [0.15, 0.2) is 12.5 Å². The molecule has 0 saturated heterocycles. The molecule has 2 rings (SSSR count). The zero-order valence-electron chi connectivity index (χ0n) is 8.88. The molecule has 6 nitrogen and oxygen atoms in total. The molecular weight excluding hydrogens is 194 g/mol. The third-order valence-corrected chi connectivity index (χ3v) is 1.77. The summed E-state index contributed by atoms with van der Waals surface area (Å²) in [6.07, 6.45) is 3.51. The van der Waals surface area contributed by atoms with Crippen molar-refractivity contribution in [2.24, 2.45) is 0 Å². The molecule has 0 aliphatic carbocycles. The fourth-order valence-corrected chi connectivity index (χ4v) is 1.17. The Kier molecular flexibility index (Phi) is 3.99. The van der Waals surface area contributed by atoms with Gasteiger partial charge in [-0.15, -0.1) is 0 Å². The summed E-state index contributed by atoms with van der Waals surface area (Å²) in [6, 6.07) is 0. The van der Waals surface area contributed by atoms with Crippen LogP contribution in [0.2, 0.25) is 0 Å². The van der Waals surface area contributed by atoms with E-state index in [0.717, 1.165) is 5.69 Å². The molecule has 0 radical (unpaired) electrons. The Morgan fingerprint density at radius 3 is 2.80 bits per heavy atom. The molecule has 2 aromatic heterocycles. The van der Waals surface area contributed by atoms with Crippen molar-refractivity contribution >= 4 is 11.5 Å². The molecule has 0 fully saturated rings. The van der Waals surface area contributed by atoms with Crippen LogP contribution < -0.4 is 5.73 Å². The fraction of sp³-hybridized carbons (Fsp3) is 0.444. The Balaban J connectivity index is 0.000000531. The van der Waals surface area contributed by atoms with Gasteiger partial charge >= 0.3 is 0 Å². The molecule has 2 heterocycles. The third kappa shape index (κ3) is 2.21. The minimum Gasteiger partial charge on any atom is -0.396 e. The number of fused-ring (bicyclic) bond motifs is 1. The van der Waals surface area contributed by atoms with Crippen LogP contribution in [0.1, 0.15) is 19.5 Å². The number of aromatic nitrogens is 4. The highest BCUT2D eigenvalue weighted by Gasteiger charge is 2.06. The SMILES string of the molecule is CC.Nc1ncnn2c(CCO)cnc12. The van der Waals surface area contributed by atoms with Crippen LogP contribution in [0, 0.1) is 0 Å². The summed E-state index contributed by atoms with van der Waals surface area (Å²) < 4.78 is 1.58. The van der Waals surface area contributed by atoms with E-state index in [2.05, 4.69) is 15.1 Å². The number of imidazole rings is 1. The van der Waals surface area contributed by atoms with E-state index in [-0.39, 0.29) is 6.61 Å². The molecule has 0 bridgehead atoms. The van der Waals surface area contributed by atoms with Gasteiger partial charge in [0.1, 0.15) is 6.33 Å². The summed E-state index contributed by atoms with van der Waals surface area (Å²) in [5.41, 5.74) is 6.93. The summed E-state index contributed by atoms with van der Waals surface area (Å²) in [6.45, 7) is 4.07. The molecule has 82 valence electrons. The lowest BCUT2D eigenvalue weighted by Gasteiger charge is -1.97. The fourth-order valence-electron chi connectivity index (χ4n) is 1.17. The maximum Gasteiger partial charge on any atom is 0.196 e. The number of hydrogen-bond donors (Lipinski definition) is 2. The Morgan fingerprint density at radius 2 is 2.13 bits per heavy atom. The first-order valence-corrected chi connectivity index (χ1v) is 4.87. The van der Waals surface area contributed by atoms with E-state index in [4.69, 9.17) is 10.8 Å². The van der Waals surface area contributed by atoms with Crippen molar-refractivity contribution in [3.8, 4) is 0 Å². The van der Waals surface area contributed by atoms with Crippen molar-refractivity contribution < 1.29 is 5.11 Å². The van der Waals surface area contributed by atoms with Gasteiger partial charge in [0.2, 0.25) is 0 Å². The molecule has 0 amide bonds. The van der Waals surface area contributed by atoms with Crippen molar-refractivity contribution in [2.45, 2.75) is 20.3 Å². The van der Waals surface area contributed by atoms with Crippen LogP contribution in [0.4, 0.5) is 5.82 Å².